The lowest BCUT2D eigenvalue weighted by atomic mass is 10.1. The van der Waals surface area contributed by atoms with E-state index in [1.165, 1.54) is 16.7 Å². The van der Waals surface area contributed by atoms with Crippen LogP contribution in [0.1, 0.15) is 23.2 Å². The highest BCUT2D eigenvalue weighted by Gasteiger charge is 2.48. The van der Waals surface area contributed by atoms with Crippen LogP contribution in [0.3, 0.4) is 0 Å². The summed E-state index contributed by atoms with van der Waals surface area (Å²) < 4.78 is 26.9. The second-order valence-corrected chi connectivity index (χ2v) is 6.24. The number of carbonyl (C=O) groups excluding carboxylic acids is 1. The fourth-order valence-corrected chi connectivity index (χ4v) is 4.07. The number of carbonyl (C=O) groups is 2. The van der Waals surface area contributed by atoms with Crippen LogP contribution < -0.4 is 0 Å². The molecule has 0 bridgehead atoms. The van der Waals surface area contributed by atoms with E-state index in [4.69, 9.17) is 0 Å². The molecule has 1 aliphatic carbocycles. The Bertz CT molecular complexity index is 609. The molecule has 1 saturated carbocycles. The molecule has 2 atom stereocenters. The maximum Gasteiger partial charge on any atom is 0.327 e. The zero-order valence-corrected chi connectivity index (χ0v) is 11.6. The van der Waals surface area contributed by atoms with Gasteiger partial charge in [0.1, 0.15) is 6.04 Å². The van der Waals surface area contributed by atoms with Crippen molar-refractivity contribution >= 4 is 23.6 Å². The largest absolute Gasteiger partial charge is 0.480 e. The molecule has 2 fully saturated rings. The first kappa shape index (κ1) is 14.2. The van der Waals surface area contributed by atoms with Crippen LogP contribution in [0.2, 0.25) is 0 Å². The molecular formula is C13H12F2N2O3S. The van der Waals surface area contributed by atoms with Gasteiger partial charge in [0.05, 0.1) is 10.9 Å². The van der Waals surface area contributed by atoms with Gasteiger partial charge in [0.2, 0.25) is 5.95 Å². The van der Waals surface area contributed by atoms with E-state index in [1.54, 1.807) is 0 Å². The number of hydrogen-bond donors (Lipinski definition) is 1. The zero-order chi connectivity index (χ0) is 15.1. The molecule has 1 amide bonds. The Hall–Kier alpha value is -1.70. The third kappa shape index (κ3) is 2.48. The first-order valence-corrected chi connectivity index (χ1v) is 7.52. The topological polar surface area (TPSA) is 70.5 Å². The van der Waals surface area contributed by atoms with Gasteiger partial charge in [-0.25, -0.2) is 14.2 Å². The van der Waals surface area contributed by atoms with Crippen LogP contribution in [-0.4, -0.2) is 44.0 Å². The van der Waals surface area contributed by atoms with Gasteiger partial charge in [-0.15, -0.1) is 11.8 Å². The number of nitrogens with zero attached hydrogens (tertiary/aromatic N) is 2. The van der Waals surface area contributed by atoms with Gasteiger partial charge in [0.15, 0.2) is 5.82 Å². The van der Waals surface area contributed by atoms with Crippen molar-refractivity contribution in [2.75, 3.05) is 5.75 Å². The summed E-state index contributed by atoms with van der Waals surface area (Å²) in [6, 6.07) is 0.0656. The van der Waals surface area contributed by atoms with Crippen LogP contribution in [0.5, 0.6) is 0 Å². The molecule has 21 heavy (non-hydrogen) atoms. The minimum Gasteiger partial charge on any atom is -0.480 e. The SMILES string of the molecule is O=C(O)C1CSC(C2CC2)N1C(=O)c1ccnc(F)c1F. The number of rotatable bonds is 3. The zero-order valence-electron chi connectivity index (χ0n) is 10.8. The van der Waals surface area contributed by atoms with Crippen LogP contribution in [-0.2, 0) is 4.79 Å². The molecule has 5 nitrogen and oxygen atoms in total. The standard InChI is InChI=1S/C13H12F2N2O3S/c14-9-7(3-4-16-10(9)15)11(18)17-8(13(19)20)5-21-12(17)6-1-2-6/h3-4,6,8,12H,1-2,5H2,(H,19,20). The molecular weight excluding hydrogens is 302 g/mol. The second kappa shape index (κ2) is 5.25. The molecule has 2 unspecified atom stereocenters. The average molecular weight is 314 g/mol. The van der Waals surface area contributed by atoms with Gasteiger partial charge in [-0.1, -0.05) is 0 Å². The first-order valence-electron chi connectivity index (χ1n) is 6.47. The van der Waals surface area contributed by atoms with E-state index in [2.05, 4.69) is 4.98 Å². The van der Waals surface area contributed by atoms with Gasteiger partial charge in [0, 0.05) is 11.9 Å². The summed E-state index contributed by atoms with van der Waals surface area (Å²) in [6.45, 7) is 0. The van der Waals surface area contributed by atoms with E-state index >= 15 is 0 Å². The van der Waals surface area contributed by atoms with Crippen LogP contribution in [0.15, 0.2) is 12.3 Å². The molecule has 0 radical (unpaired) electrons. The number of aromatic nitrogens is 1. The third-order valence-corrected chi connectivity index (χ3v) is 5.12. The van der Waals surface area contributed by atoms with E-state index < -0.39 is 35.2 Å². The van der Waals surface area contributed by atoms with Crippen LogP contribution in [0, 0.1) is 17.7 Å². The summed E-state index contributed by atoms with van der Waals surface area (Å²) in [5, 5.41) is 8.95. The average Bonchev–Trinajstić information content (AvgIpc) is 3.19. The van der Waals surface area contributed by atoms with Crippen molar-refractivity contribution in [3.05, 3.63) is 29.6 Å². The number of aliphatic carboxylic acids is 1. The van der Waals surface area contributed by atoms with E-state index in [0.29, 0.717) is 0 Å². The maximum atomic E-state index is 13.7. The van der Waals surface area contributed by atoms with Crippen LogP contribution >= 0.6 is 11.8 Å². The normalized spacial score (nSPS) is 25.1. The van der Waals surface area contributed by atoms with Gasteiger partial charge in [-0.3, -0.25) is 4.79 Å². The highest BCUT2D eigenvalue weighted by Crippen LogP contribution is 2.46. The fourth-order valence-electron chi connectivity index (χ4n) is 2.44. The molecule has 3 rings (SSSR count). The Kier molecular flexibility index (Phi) is 3.56. The summed E-state index contributed by atoms with van der Waals surface area (Å²) in [5.41, 5.74) is -0.470. The molecule has 1 aliphatic heterocycles. The number of halogens is 2. The lowest BCUT2D eigenvalue weighted by molar-refractivity contribution is -0.141. The molecule has 2 aliphatic rings. The maximum absolute atomic E-state index is 13.7. The minimum absolute atomic E-state index is 0.234. The van der Waals surface area contributed by atoms with Crippen molar-refractivity contribution in [2.45, 2.75) is 24.3 Å². The highest BCUT2D eigenvalue weighted by molar-refractivity contribution is 8.00. The molecule has 1 aromatic rings. The van der Waals surface area contributed by atoms with Gasteiger partial charge in [-0.05, 0) is 24.8 Å². The Morgan fingerprint density at radius 3 is 2.71 bits per heavy atom. The fraction of sp³-hybridized carbons (Fsp3) is 0.462. The van der Waals surface area contributed by atoms with Crippen LogP contribution in [0.25, 0.3) is 0 Å². The van der Waals surface area contributed by atoms with Gasteiger partial charge in [-0.2, -0.15) is 4.39 Å². The molecule has 1 saturated heterocycles. The summed E-state index contributed by atoms with van der Waals surface area (Å²) >= 11 is 1.38. The number of pyridine rings is 1. The van der Waals surface area contributed by atoms with Gasteiger partial charge in [0.25, 0.3) is 5.91 Å². The number of carboxylic acid groups (broad SMARTS) is 1. The lowest BCUT2D eigenvalue weighted by Crippen LogP contribution is -2.46. The highest BCUT2D eigenvalue weighted by atomic mass is 32.2. The molecule has 1 N–H and O–H groups in total. The predicted molar refractivity (Wildman–Crippen MR) is 70.7 cm³/mol. The van der Waals surface area contributed by atoms with E-state index in [1.807, 2.05) is 0 Å². The Morgan fingerprint density at radius 1 is 1.38 bits per heavy atom. The Balaban J connectivity index is 1.96. The quantitative estimate of drug-likeness (QED) is 0.861. The second-order valence-electron chi connectivity index (χ2n) is 5.09. The summed E-state index contributed by atoms with van der Waals surface area (Å²) in [6.07, 6.45) is 2.83. The molecule has 0 aromatic carbocycles. The van der Waals surface area contributed by atoms with Crippen molar-refractivity contribution in [1.82, 2.24) is 9.88 Å². The van der Waals surface area contributed by atoms with Gasteiger partial charge < -0.3 is 10.0 Å². The Morgan fingerprint density at radius 2 is 2.10 bits per heavy atom. The van der Waals surface area contributed by atoms with E-state index in [9.17, 15) is 23.5 Å². The summed E-state index contributed by atoms with van der Waals surface area (Å²) in [5.74, 6) is -4.12. The molecule has 8 heteroatoms. The van der Waals surface area contributed by atoms with Crippen molar-refractivity contribution in [3.63, 3.8) is 0 Å². The van der Waals surface area contributed by atoms with E-state index in [-0.39, 0.29) is 17.0 Å². The third-order valence-electron chi connectivity index (χ3n) is 3.66. The van der Waals surface area contributed by atoms with Crippen LogP contribution in [0.4, 0.5) is 8.78 Å². The van der Waals surface area contributed by atoms with Crippen molar-refractivity contribution in [1.29, 1.82) is 0 Å². The first-order chi connectivity index (χ1) is 10.0. The minimum atomic E-state index is -1.36. The predicted octanol–water partition coefficient (Wildman–Crippen LogP) is 1.74. The van der Waals surface area contributed by atoms with Crippen molar-refractivity contribution in [2.24, 2.45) is 5.92 Å². The number of thioether (sulfide) groups is 1. The molecule has 112 valence electrons. The lowest BCUT2D eigenvalue weighted by Gasteiger charge is -2.27. The summed E-state index contributed by atoms with van der Waals surface area (Å²) in [4.78, 5) is 28.1. The number of carboxylic acids is 1. The Labute approximate surface area is 123 Å². The molecule has 1 aromatic heterocycles. The molecule has 0 spiro atoms. The number of hydrogen-bond acceptors (Lipinski definition) is 4. The van der Waals surface area contributed by atoms with Crippen molar-refractivity contribution < 1.29 is 23.5 Å². The molecule has 2 heterocycles. The smallest absolute Gasteiger partial charge is 0.327 e. The van der Waals surface area contributed by atoms with Crippen molar-refractivity contribution in [3.8, 4) is 0 Å². The van der Waals surface area contributed by atoms with Gasteiger partial charge >= 0.3 is 5.97 Å². The van der Waals surface area contributed by atoms with E-state index in [0.717, 1.165) is 25.1 Å². The number of amides is 1. The monoisotopic (exact) mass is 314 g/mol. The summed E-state index contributed by atoms with van der Waals surface area (Å²) in [7, 11) is 0.